The molecule has 10 nitrogen and oxygen atoms in total. The van der Waals surface area contributed by atoms with Gasteiger partial charge in [0.15, 0.2) is 0 Å². The fraction of sp³-hybridized carbons (Fsp3) is 0.485. The number of hydrogen-bond donors (Lipinski definition) is 6. The molecule has 0 spiro atoms. The number of carboxylic acid groups (broad SMARTS) is 2. The second kappa shape index (κ2) is 13.4. The number of carbonyl (C=O) groups is 4. The lowest BCUT2D eigenvalue weighted by molar-refractivity contribution is -0.138. The minimum absolute atomic E-state index is 0.0406. The normalized spacial score (nSPS) is 20.7. The standard InChI is InChI=1S/C33H42N4O6S/c1-7-20-15(2)25(36-33(20)43)12-23-16(3)21(8-10-29(38)39)26(34-23)14-27-22(9-11-30(40)41)17(4)24(35-27)13-28-31(19(6)44)18(5)32(42)37-28/h7,18-19,25,31,34-35,44H,1,8-14H2,2-6H3,(H,36,43)(H,38,39)(H,40,41)/t18-,19-,25-,31+/m1/s1. The molecule has 0 aliphatic carbocycles. The smallest absolute Gasteiger partial charge is 0.303 e. The number of nitrogens with zero attached hydrogens (tertiary/aromatic N) is 1. The summed E-state index contributed by atoms with van der Waals surface area (Å²) >= 11 is 4.63. The van der Waals surface area contributed by atoms with E-state index in [9.17, 15) is 29.4 Å². The van der Waals surface area contributed by atoms with Crippen molar-refractivity contribution < 1.29 is 29.4 Å². The van der Waals surface area contributed by atoms with E-state index >= 15 is 0 Å². The highest BCUT2D eigenvalue weighted by Crippen LogP contribution is 2.33. The van der Waals surface area contributed by atoms with E-state index in [0.29, 0.717) is 37.7 Å². The molecule has 4 atom stereocenters. The van der Waals surface area contributed by atoms with Gasteiger partial charge in [-0.3, -0.25) is 19.2 Å². The van der Waals surface area contributed by atoms with E-state index in [2.05, 4.69) is 39.5 Å². The maximum absolute atomic E-state index is 12.5. The number of aromatic nitrogens is 2. The van der Waals surface area contributed by atoms with Gasteiger partial charge in [-0.2, -0.15) is 12.6 Å². The second-order valence-electron chi connectivity index (χ2n) is 12.0. The zero-order chi connectivity index (χ0) is 32.5. The van der Waals surface area contributed by atoms with Crippen molar-refractivity contribution in [1.82, 2.24) is 15.3 Å². The van der Waals surface area contributed by atoms with Gasteiger partial charge in [0.05, 0.1) is 6.04 Å². The van der Waals surface area contributed by atoms with Crippen molar-refractivity contribution in [2.24, 2.45) is 16.8 Å². The molecule has 0 saturated carbocycles. The Kier molecular flexibility index (Phi) is 10.1. The van der Waals surface area contributed by atoms with Crippen LogP contribution in [-0.2, 0) is 51.3 Å². The molecule has 0 saturated heterocycles. The van der Waals surface area contributed by atoms with E-state index in [0.717, 1.165) is 56.3 Å². The first-order valence-electron chi connectivity index (χ1n) is 15.0. The number of carboxylic acids is 2. The molecule has 2 aliphatic heterocycles. The predicted molar refractivity (Wildman–Crippen MR) is 172 cm³/mol. The van der Waals surface area contributed by atoms with Gasteiger partial charge in [-0.1, -0.05) is 26.5 Å². The molecule has 2 aromatic heterocycles. The lowest BCUT2D eigenvalue weighted by atomic mass is 9.87. The summed E-state index contributed by atoms with van der Waals surface area (Å²) in [7, 11) is 0. The number of carbonyl (C=O) groups excluding carboxylic acids is 2. The van der Waals surface area contributed by atoms with Gasteiger partial charge in [0, 0.05) is 83.3 Å². The highest BCUT2D eigenvalue weighted by Gasteiger charge is 2.37. The van der Waals surface area contributed by atoms with E-state index in [-0.39, 0.29) is 47.8 Å². The van der Waals surface area contributed by atoms with Crippen LogP contribution < -0.4 is 5.32 Å². The molecule has 236 valence electrons. The molecular weight excluding hydrogens is 580 g/mol. The Balaban J connectivity index is 1.72. The van der Waals surface area contributed by atoms with Gasteiger partial charge >= 0.3 is 11.9 Å². The number of rotatable bonds is 14. The van der Waals surface area contributed by atoms with Crippen LogP contribution in [0.1, 0.15) is 78.6 Å². The first-order chi connectivity index (χ1) is 20.7. The number of hydrogen-bond acceptors (Lipinski definition) is 5. The van der Waals surface area contributed by atoms with Gasteiger partial charge in [-0.15, -0.1) is 0 Å². The summed E-state index contributed by atoms with van der Waals surface area (Å²) in [6, 6.07) is -0.210. The van der Waals surface area contributed by atoms with Crippen LogP contribution in [0.4, 0.5) is 0 Å². The Labute approximate surface area is 262 Å². The third kappa shape index (κ3) is 6.77. The number of aliphatic imine (C=N–C) groups is 1. The number of thiol groups is 1. The van der Waals surface area contributed by atoms with Crippen LogP contribution in [0, 0.1) is 25.7 Å². The molecule has 0 unspecified atom stereocenters. The van der Waals surface area contributed by atoms with Gasteiger partial charge < -0.3 is 25.5 Å². The second-order valence-corrected chi connectivity index (χ2v) is 12.9. The fourth-order valence-corrected chi connectivity index (χ4v) is 7.12. The Morgan fingerprint density at radius 3 is 2.00 bits per heavy atom. The van der Waals surface area contributed by atoms with Gasteiger partial charge in [0.2, 0.25) is 5.91 Å². The Hall–Kier alpha value is -3.86. The quantitative estimate of drug-likeness (QED) is 0.173. The van der Waals surface area contributed by atoms with Crippen LogP contribution in [-0.4, -0.2) is 60.9 Å². The van der Waals surface area contributed by atoms with Crippen molar-refractivity contribution in [2.45, 2.75) is 90.9 Å². The van der Waals surface area contributed by atoms with Crippen molar-refractivity contribution in [3.05, 3.63) is 68.8 Å². The maximum Gasteiger partial charge on any atom is 0.303 e. The lowest BCUT2D eigenvalue weighted by Crippen LogP contribution is -2.30. The topological polar surface area (TPSA) is 165 Å². The zero-order valence-corrected chi connectivity index (χ0v) is 26.9. The summed E-state index contributed by atoms with van der Waals surface area (Å²) in [6.07, 6.45) is 3.47. The largest absolute Gasteiger partial charge is 0.481 e. The number of nitrogens with one attached hydrogen (secondary N) is 3. The molecule has 2 aliphatic rings. The Bertz CT molecular complexity index is 1580. The van der Waals surface area contributed by atoms with Crippen molar-refractivity contribution in [2.75, 3.05) is 0 Å². The van der Waals surface area contributed by atoms with Crippen LogP contribution >= 0.6 is 12.6 Å². The number of aliphatic carboxylic acids is 2. The Morgan fingerprint density at radius 1 is 0.955 bits per heavy atom. The third-order valence-electron chi connectivity index (χ3n) is 9.23. The van der Waals surface area contributed by atoms with Gasteiger partial charge in [0.25, 0.3) is 5.91 Å². The van der Waals surface area contributed by atoms with Crippen molar-refractivity contribution in [1.29, 1.82) is 0 Å². The molecule has 4 heterocycles. The molecule has 0 fully saturated rings. The average molecular weight is 623 g/mol. The fourth-order valence-electron chi connectivity index (χ4n) is 6.69. The predicted octanol–water partition coefficient (Wildman–Crippen LogP) is 4.22. The average Bonchev–Trinajstić information content (AvgIpc) is 3.59. The SMILES string of the molecule is C=CC1=C(C)[C@@H](Cc2[nH]c(Cc3[nH]c(CC4=NC(=O)[C@H](C)[C@H]4[C@@H](C)S)c(C)c3CCC(=O)O)c(CCC(=O)O)c2C)NC1=O. The monoisotopic (exact) mass is 622 g/mol. The first-order valence-corrected chi connectivity index (χ1v) is 15.5. The molecule has 0 bridgehead atoms. The number of amides is 2. The van der Waals surface area contributed by atoms with Crippen LogP contribution in [0.15, 0.2) is 28.8 Å². The molecule has 5 N–H and O–H groups in total. The number of aromatic amines is 2. The molecule has 4 rings (SSSR count). The summed E-state index contributed by atoms with van der Waals surface area (Å²) in [4.78, 5) is 59.4. The van der Waals surface area contributed by atoms with Crippen LogP contribution in [0.25, 0.3) is 0 Å². The van der Waals surface area contributed by atoms with Crippen LogP contribution in [0.3, 0.4) is 0 Å². The molecule has 44 heavy (non-hydrogen) atoms. The summed E-state index contributed by atoms with van der Waals surface area (Å²) in [6.45, 7) is 13.4. The molecule has 0 aromatic carbocycles. The van der Waals surface area contributed by atoms with E-state index in [4.69, 9.17) is 0 Å². The van der Waals surface area contributed by atoms with E-state index in [1.165, 1.54) is 0 Å². The summed E-state index contributed by atoms with van der Waals surface area (Å²) in [5.74, 6) is -2.45. The first kappa shape index (κ1) is 33.0. The molecule has 0 radical (unpaired) electrons. The Morgan fingerprint density at radius 2 is 1.50 bits per heavy atom. The van der Waals surface area contributed by atoms with E-state index in [1.54, 1.807) is 6.08 Å². The summed E-state index contributed by atoms with van der Waals surface area (Å²) in [5, 5.41) is 21.9. The summed E-state index contributed by atoms with van der Waals surface area (Å²) < 4.78 is 0. The zero-order valence-electron chi connectivity index (χ0n) is 26.0. The van der Waals surface area contributed by atoms with Crippen LogP contribution in [0.5, 0.6) is 0 Å². The van der Waals surface area contributed by atoms with Gasteiger partial charge in [0.1, 0.15) is 0 Å². The minimum Gasteiger partial charge on any atom is -0.481 e. The third-order valence-corrected chi connectivity index (χ3v) is 9.55. The molecular formula is C33H42N4O6S. The van der Waals surface area contributed by atoms with E-state index in [1.807, 2.05) is 34.6 Å². The maximum atomic E-state index is 12.5. The minimum atomic E-state index is -0.900. The van der Waals surface area contributed by atoms with Crippen molar-refractivity contribution >= 4 is 42.1 Å². The summed E-state index contributed by atoms with van der Waals surface area (Å²) in [5.41, 5.74) is 9.40. The van der Waals surface area contributed by atoms with Crippen molar-refractivity contribution in [3.8, 4) is 0 Å². The highest BCUT2D eigenvalue weighted by atomic mass is 32.1. The van der Waals surface area contributed by atoms with Gasteiger partial charge in [-0.25, -0.2) is 4.99 Å². The van der Waals surface area contributed by atoms with Crippen molar-refractivity contribution in [3.63, 3.8) is 0 Å². The van der Waals surface area contributed by atoms with Gasteiger partial charge in [-0.05, 0) is 61.4 Å². The van der Waals surface area contributed by atoms with Crippen LogP contribution in [0.2, 0.25) is 0 Å². The molecule has 11 heteroatoms. The molecule has 2 aromatic rings. The lowest BCUT2D eigenvalue weighted by Gasteiger charge is -2.20. The van der Waals surface area contributed by atoms with E-state index < -0.39 is 11.9 Å². The number of H-pyrrole nitrogens is 2. The highest BCUT2D eigenvalue weighted by molar-refractivity contribution is 7.81. The molecule has 2 amide bonds.